The number of carbonyl (C=O) groups is 1. The van der Waals surface area contributed by atoms with Gasteiger partial charge in [0.25, 0.3) is 0 Å². The first-order valence-corrected chi connectivity index (χ1v) is 7.58. The van der Waals surface area contributed by atoms with Gasteiger partial charge in [0.05, 0.1) is 5.60 Å². The molecule has 1 fully saturated rings. The molecule has 0 aliphatic carbocycles. The second-order valence-electron chi connectivity index (χ2n) is 5.51. The Hall–Kier alpha value is -1.30. The quantitative estimate of drug-likeness (QED) is 0.803. The number of nitrogens with zero attached hydrogens (tertiary/aromatic N) is 1. The molecule has 116 valence electrons. The summed E-state index contributed by atoms with van der Waals surface area (Å²) in [7, 11) is 2.03. The minimum atomic E-state index is -0.952. The molecule has 0 bridgehead atoms. The van der Waals surface area contributed by atoms with E-state index in [1.165, 1.54) is 0 Å². The number of aliphatic hydroxyl groups is 1. The molecule has 1 aromatic rings. The van der Waals surface area contributed by atoms with Gasteiger partial charge in [-0.1, -0.05) is 11.6 Å². The number of likely N-dealkylation sites (tertiary alicyclic amines) is 1. The third kappa shape index (κ3) is 3.87. The lowest BCUT2D eigenvalue weighted by atomic mass is 9.83. The number of rotatable bonds is 3. The number of amides is 2. The third-order valence-corrected chi connectivity index (χ3v) is 4.12. The van der Waals surface area contributed by atoms with Gasteiger partial charge in [-0.2, -0.15) is 0 Å². The Morgan fingerprint density at radius 3 is 2.71 bits per heavy atom. The highest BCUT2D eigenvalue weighted by atomic mass is 35.5. The number of anilines is 1. The molecule has 2 rings (SSSR count). The fourth-order valence-electron chi connectivity index (χ4n) is 2.60. The lowest BCUT2D eigenvalue weighted by Gasteiger charge is -2.38. The molecule has 2 amide bonds. The van der Waals surface area contributed by atoms with Gasteiger partial charge in [-0.25, -0.2) is 4.79 Å². The van der Waals surface area contributed by atoms with Gasteiger partial charge < -0.3 is 20.6 Å². The number of hydrogen-bond acceptors (Lipinski definition) is 3. The zero-order chi connectivity index (χ0) is 15.5. The second-order valence-corrected chi connectivity index (χ2v) is 5.95. The summed E-state index contributed by atoms with van der Waals surface area (Å²) in [5.41, 5.74) is 0.346. The number of piperidine rings is 1. The summed E-state index contributed by atoms with van der Waals surface area (Å²) in [6, 6.07) is 4.92. The largest absolute Gasteiger partial charge is 0.385 e. The monoisotopic (exact) mass is 311 g/mol. The van der Waals surface area contributed by atoms with E-state index in [1.54, 1.807) is 18.2 Å². The molecule has 0 atom stereocenters. The predicted molar refractivity (Wildman–Crippen MR) is 84.8 cm³/mol. The number of carbonyl (C=O) groups excluding carboxylic acids is 1. The average Bonchev–Trinajstić information content (AvgIpc) is 2.44. The van der Waals surface area contributed by atoms with Crippen LogP contribution in [0.25, 0.3) is 0 Å². The molecule has 1 aliphatic heterocycles. The molecule has 0 aromatic heterocycles. The molecule has 1 aliphatic rings. The van der Waals surface area contributed by atoms with E-state index >= 15 is 0 Å². The molecule has 0 saturated carbocycles. The molecule has 0 spiro atoms. The standard InChI is InChI=1S/C15H22ClN3O2/c1-3-17-14(20)18-13-5-4-11(16)10-12(13)15(21)6-8-19(2)9-7-15/h4-5,10,21H,3,6-9H2,1-2H3,(H2,17,18,20). The van der Waals surface area contributed by atoms with Gasteiger partial charge in [-0.3, -0.25) is 0 Å². The van der Waals surface area contributed by atoms with E-state index in [4.69, 9.17) is 11.6 Å². The van der Waals surface area contributed by atoms with E-state index in [0.29, 0.717) is 35.7 Å². The van der Waals surface area contributed by atoms with Gasteiger partial charge in [-0.05, 0) is 45.0 Å². The Morgan fingerprint density at radius 2 is 2.10 bits per heavy atom. The SMILES string of the molecule is CCNC(=O)Nc1ccc(Cl)cc1C1(O)CCN(C)CC1. The maximum Gasteiger partial charge on any atom is 0.319 e. The Balaban J connectivity index is 2.28. The van der Waals surface area contributed by atoms with Crippen LogP contribution < -0.4 is 10.6 Å². The molecule has 0 radical (unpaired) electrons. The molecule has 5 nitrogen and oxygen atoms in total. The van der Waals surface area contributed by atoms with E-state index in [0.717, 1.165) is 13.1 Å². The van der Waals surface area contributed by atoms with Crippen molar-refractivity contribution in [3.8, 4) is 0 Å². The van der Waals surface area contributed by atoms with E-state index in [-0.39, 0.29) is 6.03 Å². The van der Waals surface area contributed by atoms with Crippen molar-refractivity contribution in [2.24, 2.45) is 0 Å². The van der Waals surface area contributed by atoms with E-state index in [1.807, 2.05) is 14.0 Å². The van der Waals surface area contributed by atoms with Crippen molar-refractivity contribution in [2.75, 3.05) is 32.0 Å². The summed E-state index contributed by atoms with van der Waals surface area (Å²) in [6.07, 6.45) is 1.24. The van der Waals surface area contributed by atoms with Gasteiger partial charge in [0.1, 0.15) is 0 Å². The van der Waals surface area contributed by atoms with Gasteiger partial charge in [0.15, 0.2) is 0 Å². The molecule has 0 unspecified atom stereocenters. The molecule has 1 saturated heterocycles. The lowest BCUT2D eigenvalue weighted by molar-refractivity contribution is -0.0196. The molecule has 3 N–H and O–H groups in total. The zero-order valence-electron chi connectivity index (χ0n) is 12.4. The Labute approximate surface area is 130 Å². The number of hydrogen-bond donors (Lipinski definition) is 3. The number of benzene rings is 1. The van der Waals surface area contributed by atoms with Crippen molar-refractivity contribution in [1.82, 2.24) is 10.2 Å². The summed E-state index contributed by atoms with van der Waals surface area (Å²) in [5, 5.41) is 17.0. The van der Waals surface area contributed by atoms with Crippen molar-refractivity contribution < 1.29 is 9.90 Å². The molecule has 1 heterocycles. The molecular formula is C15H22ClN3O2. The van der Waals surface area contributed by atoms with Crippen LogP contribution in [0.2, 0.25) is 5.02 Å². The fraction of sp³-hybridized carbons (Fsp3) is 0.533. The van der Waals surface area contributed by atoms with Crippen molar-refractivity contribution in [2.45, 2.75) is 25.4 Å². The first-order valence-electron chi connectivity index (χ1n) is 7.20. The summed E-state index contributed by atoms with van der Waals surface area (Å²) in [4.78, 5) is 13.9. The van der Waals surface area contributed by atoms with Gasteiger partial charge in [0.2, 0.25) is 0 Å². The third-order valence-electron chi connectivity index (χ3n) is 3.88. The van der Waals surface area contributed by atoms with E-state index < -0.39 is 5.60 Å². The maximum absolute atomic E-state index is 11.7. The Kier molecular flexibility index (Phi) is 5.08. The lowest BCUT2D eigenvalue weighted by Crippen LogP contribution is -2.41. The van der Waals surface area contributed by atoms with Crippen molar-refractivity contribution in [3.05, 3.63) is 28.8 Å². The van der Waals surface area contributed by atoms with Crippen molar-refractivity contribution in [1.29, 1.82) is 0 Å². The Morgan fingerprint density at radius 1 is 1.43 bits per heavy atom. The first-order chi connectivity index (χ1) is 9.94. The van der Waals surface area contributed by atoms with Crippen LogP contribution in [-0.2, 0) is 5.60 Å². The molecule has 6 heteroatoms. The van der Waals surface area contributed by atoms with Crippen LogP contribution in [0, 0.1) is 0 Å². The predicted octanol–water partition coefficient (Wildman–Crippen LogP) is 2.39. The molecule has 21 heavy (non-hydrogen) atoms. The highest BCUT2D eigenvalue weighted by Gasteiger charge is 2.35. The number of urea groups is 1. The van der Waals surface area contributed by atoms with Gasteiger partial charge in [0, 0.05) is 35.9 Å². The van der Waals surface area contributed by atoms with Crippen molar-refractivity contribution >= 4 is 23.3 Å². The van der Waals surface area contributed by atoms with E-state index in [2.05, 4.69) is 15.5 Å². The minimum Gasteiger partial charge on any atom is -0.385 e. The highest BCUT2D eigenvalue weighted by Crippen LogP contribution is 2.38. The Bertz CT molecular complexity index is 514. The zero-order valence-corrected chi connectivity index (χ0v) is 13.2. The van der Waals surface area contributed by atoms with Crippen molar-refractivity contribution in [3.63, 3.8) is 0 Å². The topological polar surface area (TPSA) is 64.6 Å². The smallest absolute Gasteiger partial charge is 0.319 e. The summed E-state index contributed by atoms with van der Waals surface area (Å²) in [5.74, 6) is 0. The molecular weight excluding hydrogens is 290 g/mol. The van der Waals surface area contributed by atoms with Crippen LogP contribution in [0.1, 0.15) is 25.3 Å². The van der Waals surface area contributed by atoms with Gasteiger partial charge in [-0.15, -0.1) is 0 Å². The minimum absolute atomic E-state index is 0.280. The van der Waals surface area contributed by atoms with Crippen LogP contribution in [0.15, 0.2) is 18.2 Å². The van der Waals surface area contributed by atoms with Crippen LogP contribution in [0.5, 0.6) is 0 Å². The maximum atomic E-state index is 11.7. The second kappa shape index (κ2) is 6.64. The fourth-order valence-corrected chi connectivity index (χ4v) is 2.77. The van der Waals surface area contributed by atoms with Gasteiger partial charge >= 0.3 is 6.03 Å². The average molecular weight is 312 g/mol. The van der Waals surface area contributed by atoms with Crippen LogP contribution in [-0.4, -0.2) is 42.7 Å². The van der Waals surface area contributed by atoms with E-state index in [9.17, 15) is 9.90 Å². The van der Waals surface area contributed by atoms with Crippen LogP contribution in [0.4, 0.5) is 10.5 Å². The highest BCUT2D eigenvalue weighted by molar-refractivity contribution is 6.30. The summed E-state index contributed by atoms with van der Waals surface area (Å²) in [6.45, 7) is 4.02. The van der Waals surface area contributed by atoms with Crippen LogP contribution in [0.3, 0.4) is 0 Å². The summed E-state index contributed by atoms with van der Waals surface area (Å²) >= 11 is 6.07. The number of halogens is 1. The number of nitrogens with one attached hydrogen (secondary N) is 2. The first kappa shape index (κ1) is 16.1. The molecule has 1 aromatic carbocycles. The summed E-state index contributed by atoms with van der Waals surface area (Å²) < 4.78 is 0. The van der Waals surface area contributed by atoms with Crippen LogP contribution >= 0.6 is 11.6 Å². The normalized spacial score (nSPS) is 18.3.